The molecule has 1 saturated heterocycles. The Bertz CT molecular complexity index is 496. The first-order valence-corrected chi connectivity index (χ1v) is 5.64. The minimum Gasteiger partial charge on any atom is -0.497 e. The summed E-state index contributed by atoms with van der Waals surface area (Å²) in [5.41, 5.74) is 4.91. The standard InChI is InChI=1S/C12H13N3O4/c1-19-8-4-2-7(3-5-8)13-10(16)6-9-11(17)14-15-12(9)18/h2-5,9H,6H2,1H3,(H,13,16)(H,14,17)(H,15,18). The van der Waals surface area contributed by atoms with Gasteiger partial charge in [-0.1, -0.05) is 0 Å². The number of hydrogen-bond donors (Lipinski definition) is 3. The maximum absolute atomic E-state index is 11.7. The van der Waals surface area contributed by atoms with E-state index in [1.807, 2.05) is 0 Å². The second-order valence-electron chi connectivity index (χ2n) is 4.01. The van der Waals surface area contributed by atoms with E-state index in [2.05, 4.69) is 16.2 Å². The van der Waals surface area contributed by atoms with Crippen molar-refractivity contribution in [3.63, 3.8) is 0 Å². The van der Waals surface area contributed by atoms with Crippen molar-refractivity contribution in [1.82, 2.24) is 10.9 Å². The first kappa shape index (κ1) is 12.9. The van der Waals surface area contributed by atoms with E-state index in [0.717, 1.165) is 0 Å². The Hall–Kier alpha value is -2.57. The first-order chi connectivity index (χ1) is 9.10. The van der Waals surface area contributed by atoms with Crippen molar-refractivity contribution in [3.05, 3.63) is 24.3 Å². The summed E-state index contributed by atoms with van der Waals surface area (Å²) in [6.45, 7) is 0. The summed E-state index contributed by atoms with van der Waals surface area (Å²) >= 11 is 0. The third kappa shape index (κ3) is 3.01. The third-order valence-corrected chi connectivity index (χ3v) is 2.71. The van der Waals surface area contributed by atoms with Gasteiger partial charge in [-0.15, -0.1) is 0 Å². The van der Waals surface area contributed by atoms with Gasteiger partial charge >= 0.3 is 0 Å². The van der Waals surface area contributed by atoms with Gasteiger partial charge in [0.05, 0.1) is 7.11 Å². The van der Waals surface area contributed by atoms with E-state index in [0.29, 0.717) is 11.4 Å². The smallest absolute Gasteiger partial charge is 0.251 e. The number of nitrogens with one attached hydrogen (secondary N) is 3. The second-order valence-corrected chi connectivity index (χ2v) is 4.01. The highest BCUT2D eigenvalue weighted by Crippen LogP contribution is 2.16. The fourth-order valence-electron chi connectivity index (χ4n) is 1.67. The van der Waals surface area contributed by atoms with Crippen molar-refractivity contribution in [2.24, 2.45) is 5.92 Å². The highest BCUT2D eigenvalue weighted by atomic mass is 16.5. The molecule has 1 aromatic carbocycles. The van der Waals surface area contributed by atoms with E-state index in [-0.39, 0.29) is 6.42 Å². The molecule has 19 heavy (non-hydrogen) atoms. The van der Waals surface area contributed by atoms with Crippen LogP contribution in [0.5, 0.6) is 5.75 Å². The lowest BCUT2D eigenvalue weighted by Crippen LogP contribution is -2.28. The lowest BCUT2D eigenvalue weighted by Gasteiger charge is -2.07. The number of hydrogen-bond acceptors (Lipinski definition) is 4. The molecule has 0 aromatic heterocycles. The van der Waals surface area contributed by atoms with E-state index in [9.17, 15) is 14.4 Å². The van der Waals surface area contributed by atoms with Gasteiger partial charge in [-0.2, -0.15) is 0 Å². The fourth-order valence-corrected chi connectivity index (χ4v) is 1.67. The highest BCUT2D eigenvalue weighted by molar-refractivity contribution is 6.08. The number of rotatable bonds is 4. The number of ether oxygens (including phenoxy) is 1. The van der Waals surface area contributed by atoms with Gasteiger partial charge in [-0.3, -0.25) is 25.2 Å². The molecule has 0 radical (unpaired) electrons. The zero-order chi connectivity index (χ0) is 13.8. The summed E-state index contributed by atoms with van der Waals surface area (Å²) in [6, 6.07) is 6.74. The van der Waals surface area contributed by atoms with Crippen LogP contribution >= 0.6 is 0 Å². The molecule has 0 atom stereocenters. The molecule has 2 rings (SSSR count). The molecule has 1 aromatic rings. The topological polar surface area (TPSA) is 96.5 Å². The van der Waals surface area contributed by atoms with Crippen molar-refractivity contribution in [2.45, 2.75) is 6.42 Å². The predicted molar refractivity (Wildman–Crippen MR) is 66.0 cm³/mol. The summed E-state index contributed by atoms with van der Waals surface area (Å²) in [4.78, 5) is 34.2. The zero-order valence-corrected chi connectivity index (χ0v) is 10.2. The van der Waals surface area contributed by atoms with Crippen LogP contribution in [0.3, 0.4) is 0 Å². The van der Waals surface area contributed by atoms with E-state index in [1.165, 1.54) is 0 Å². The molecular weight excluding hydrogens is 250 g/mol. The van der Waals surface area contributed by atoms with Crippen molar-refractivity contribution >= 4 is 23.4 Å². The molecule has 0 spiro atoms. The van der Waals surface area contributed by atoms with Gasteiger partial charge in [-0.05, 0) is 24.3 Å². The summed E-state index contributed by atoms with van der Waals surface area (Å²) in [7, 11) is 1.55. The van der Waals surface area contributed by atoms with Gasteiger partial charge < -0.3 is 10.1 Å². The minimum atomic E-state index is -0.974. The SMILES string of the molecule is COc1ccc(NC(=O)CC2C(=O)NNC2=O)cc1. The molecule has 1 aliphatic rings. The van der Waals surface area contributed by atoms with E-state index < -0.39 is 23.6 Å². The van der Waals surface area contributed by atoms with Gasteiger partial charge in [0.25, 0.3) is 11.8 Å². The van der Waals surface area contributed by atoms with Gasteiger partial charge in [-0.25, -0.2) is 0 Å². The van der Waals surface area contributed by atoms with Crippen LogP contribution in [-0.4, -0.2) is 24.8 Å². The Kier molecular flexibility index (Phi) is 3.65. The number of benzene rings is 1. The number of methoxy groups -OCH3 is 1. The molecular formula is C12H13N3O4. The molecule has 3 N–H and O–H groups in total. The monoisotopic (exact) mass is 263 g/mol. The number of carbonyl (C=O) groups is 3. The van der Waals surface area contributed by atoms with Gasteiger partial charge in [0.2, 0.25) is 5.91 Å². The molecule has 100 valence electrons. The molecule has 7 heteroatoms. The summed E-state index contributed by atoms with van der Waals surface area (Å²) in [6.07, 6.45) is -0.191. The largest absolute Gasteiger partial charge is 0.497 e. The lowest BCUT2D eigenvalue weighted by molar-refractivity contribution is -0.131. The molecule has 3 amide bonds. The molecule has 0 unspecified atom stereocenters. The van der Waals surface area contributed by atoms with Crippen LogP contribution in [0.1, 0.15) is 6.42 Å². The van der Waals surface area contributed by atoms with Gasteiger partial charge in [0.1, 0.15) is 11.7 Å². The van der Waals surface area contributed by atoms with Crippen LogP contribution in [0.15, 0.2) is 24.3 Å². The highest BCUT2D eigenvalue weighted by Gasteiger charge is 2.34. The summed E-state index contributed by atoms with van der Waals surface area (Å²) in [5.74, 6) is -1.68. The number of amides is 3. The number of hydrazine groups is 1. The van der Waals surface area contributed by atoms with Crippen molar-refractivity contribution in [3.8, 4) is 5.75 Å². The minimum absolute atomic E-state index is 0.191. The van der Waals surface area contributed by atoms with Crippen LogP contribution in [0.4, 0.5) is 5.69 Å². The van der Waals surface area contributed by atoms with Crippen molar-refractivity contribution < 1.29 is 19.1 Å². The van der Waals surface area contributed by atoms with Crippen molar-refractivity contribution in [2.75, 3.05) is 12.4 Å². The second kappa shape index (κ2) is 5.38. The zero-order valence-electron chi connectivity index (χ0n) is 10.2. The summed E-state index contributed by atoms with van der Waals surface area (Å²) < 4.78 is 4.99. The summed E-state index contributed by atoms with van der Waals surface area (Å²) in [5, 5.41) is 2.61. The van der Waals surface area contributed by atoms with Crippen molar-refractivity contribution in [1.29, 1.82) is 0 Å². The molecule has 7 nitrogen and oxygen atoms in total. The van der Waals surface area contributed by atoms with Crippen LogP contribution in [0.25, 0.3) is 0 Å². The quantitative estimate of drug-likeness (QED) is 0.655. The number of anilines is 1. The van der Waals surface area contributed by atoms with Crippen LogP contribution in [-0.2, 0) is 14.4 Å². The molecule has 0 saturated carbocycles. The Morgan fingerprint density at radius 2 is 1.79 bits per heavy atom. The fraction of sp³-hybridized carbons (Fsp3) is 0.250. The average molecular weight is 263 g/mol. The third-order valence-electron chi connectivity index (χ3n) is 2.71. The van der Waals surface area contributed by atoms with E-state index in [4.69, 9.17) is 4.74 Å². The van der Waals surface area contributed by atoms with Crippen LogP contribution in [0.2, 0.25) is 0 Å². The molecule has 0 bridgehead atoms. The lowest BCUT2D eigenvalue weighted by atomic mass is 10.1. The maximum Gasteiger partial charge on any atom is 0.251 e. The van der Waals surface area contributed by atoms with Gasteiger partial charge in [0.15, 0.2) is 0 Å². The Labute approximate surface area is 109 Å². The normalized spacial score (nSPS) is 14.8. The Morgan fingerprint density at radius 3 is 2.32 bits per heavy atom. The van der Waals surface area contributed by atoms with E-state index in [1.54, 1.807) is 31.4 Å². The first-order valence-electron chi connectivity index (χ1n) is 5.64. The van der Waals surface area contributed by atoms with Crippen LogP contribution in [0, 0.1) is 5.92 Å². The Balaban J connectivity index is 1.93. The van der Waals surface area contributed by atoms with Gasteiger partial charge in [0, 0.05) is 12.1 Å². The molecule has 1 aliphatic heterocycles. The van der Waals surface area contributed by atoms with E-state index >= 15 is 0 Å². The maximum atomic E-state index is 11.7. The molecule has 1 fully saturated rings. The average Bonchev–Trinajstić information content (AvgIpc) is 2.71. The molecule has 1 heterocycles. The predicted octanol–water partition coefficient (Wildman–Crippen LogP) is -0.199. The Morgan fingerprint density at radius 1 is 1.21 bits per heavy atom. The van der Waals surface area contributed by atoms with Crippen LogP contribution < -0.4 is 20.9 Å². The number of carbonyl (C=O) groups excluding carboxylic acids is 3. The molecule has 0 aliphatic carbocycles.